The topological polar surface area (TPSA) is 159 Å². The molecule has 1 atom stereocenters. The van der Waals surface area contributed by atoms with Crippen LogP contribution in [-0.4, -0.2) is 57.2 Å². The van der Waals surface area contributed by atoms with Gasteiger partial charge in [0.15, 0.2) is 11.5 Å². The number of methoxy groups -OCH3 is 1. The highest BCUT2D eigenvalue weighted by molar-refractivity contribution is 5.97. The van der Waals surface area contributed by atoms with E-state index in [4.69, 9.17) is 16.2 Å². The van der Waals surface area contributed by atoms with E-state index < -0.39 is 5.91 Å². The lowest BCUT2D eigenvalue weighted by Crippen LogP contribution is -2.33. The van der Waals surface area contributed by atoms with E-state index in [-0.39, 0.29) is 11.7 Å². The summed E-state index contributed by atoms with van der Waals surface area (Å²) in [6.45, 7) is 0.895. The van der Waals surface area contributed by atoms with Gasteiger partial charge in [0.2, 0.25) is 0 Å². The molecule has 0 saturated carbocycles. The number of pyridine rings is 2. The lowest BCUT2D eigenvalue weighted by Gasteiger charge is -2.15. The highest BCUT2D eigenvalue weighted by Crippen LogP contribution is 2.22. The van der Waals surface area contributed by atoms with Gasteiger partial charge in [0, 0.05) is 19.7 Å². The minimum Gasteiger partial charge on any atom is -0.383 e. The number of rotatable bonds is 9. The van der Waals surface area contributed by atoms with E-state index in [9.17, 15) is 4.79 Å². The molecular weight excluding hydrogens is 362 g/mol. The molecule has 0 radical (unpaired) electrons. The fourth-order valence-corrected chi connectivity index (χ4v) is 2.45. The predicted molar refractivity (Wildman–Crippen MR) is 104 cm³/mol. The molecule has 0 aliphatic carbocycles. The average Bonchev–Trinajstić information content (AvgIpc) is 3.22. The van der Waals surface area contributed by atoms with Crippen molar-refractivity contribution in [2.75, 3.05) is 30.9 Å². The minimum atomic E-state index is -0.657. The van der Waals surface area contributed by atoms with E-state index in [0.29, 0.717) is 36.2 Å². The van der Waals surface area contributed by atoms with E-state index in [2.05, 4.69) is 30.8 Å². The molecule has 1 amide bonds. The van der Waals surface area contributed by atoms with Crippen molar-refractivity contribution in [3.63, 3.8) is 0 Å². The summed E-state index contributed by atoms with van der Waals surface area (Å²) in [7, 11) is 1.59. The summed E-state index contributed by atoms with van der Waals surface area (Å²) < 4.78 is 5.01. The first kappa shape index (κ1) is 19.2. The summed E-state index contributed by atoms with van der Waals surface area (Å²) >= 11 is 0. The Morgan fingerprint density at radius 2 is 2.11 bits per heavy atom. The number of anilines is 3. The number of carbonyl (C=O) groups is 1. The minimum absolute atomic E-state index is 0.0937. The molecule has 3 rings (SSSR count). The number of hydrogen-bond acceptors (Lipinski definition) is 9. The number of amides is 1. The zero-order valence-corrected chi connectivity index (χ0v) is 15.2. The van der Waals surface area contributed by atoms with Crippen LogP contribution in [0.25, 0.3) is 5.82 Å². The van der Waals surface area contributed by atoms with Gasteiger partial charge in [-0.1, -0.05) is 6.07 Å². The van der Waals surface area contributed by atoms with Gasteiger partial charge in [0.05, 0.1) is 36.6 Å². The second kappa shape index (κ2) is 8.88. The van der Waals surface area contributed by atoms with Crippen LogP contribution < -0.4 is 22.1 Å². The van der Waals surface area contributed by atoms with Crippen molar-refractivity contribution in [3.8, 4) is 5.82 Å². The molecule has 3 aromatic heterocycles. The number of ether oxygens (including phenoxy) is 1. The van der Waals surface area contributed by atoms with Gasteiger partial charge in [-0.05, 0) is 18.2 Å². The number of hydrogen-bond donors (Lipinski definition) is 4. The number of nitrogens with two attached hydrogens (primary N) is 2. The Kier molecular flexibility index (Phi) is 6.09. The zero-order chi connectivity index (χ0) is 19.9. The van der Waals surface area contributed by atoms with Crippen molar-refractivity contribution in [2.24, 2.45) is 11.5 Å². The maximum absolute atomic E-state index is 11.7. The zero-order valence-electron chi connectivity index (χ0n) is 15.2. The van der Waals surface area contributed by atoms with Crippen molar-refractivity contribution in [2.45, 2.75) is 6.04 Å². The number of nitrogens with one attached hydrogen (secondary N) is 2. The van der Waals surface area contributed by atoms with E-state index >= 15 is 0 Å². The molecule has 11 nitrogen and oxygen atoms in total. The van der Waals surface area contributed by atoms with Crippen LogP contribution >= 0.6 is 0 Å². The number of nitrogens with zero attached hydrogens (tertiary/aromatic N) is 5. The van der Waals surface area contributed by atoms with Gasteiger partial charge in [0.1, 0.15) is 5.82 Å². The molecule has 0 aromatic carbocycles. The summed E-state index contributed by atoms with van der Waals surface area (Å²) in [6.07, 6.45) is 4.63. The predicted octanol–water partition coefficient (Wildman–Crippen LogP) is 0.285. The SMILES string of the molecule is COCC(N)CNc1cnc(C(N)=O)c(Nc2cccc(-n3nccn3)n2)c1. The van der Waals surface area contributed by atoms with Gasteiger partial charge in [-0.3, -0.25) is 4.79 Å². The molecule has 1 unspecified atom stereocenters. The fourth-order valence-electron chi connectivity index (χ4n) is 2.45. The number of aromatic nitrogens is 5. The Morgan fingerprint density at radius 1 is 1.32 bits per heavy atom. The Balaban J connectivity index is 1.82. The standard InChI is InChI=1S/C17H21N9O2/c1-28-10-11(18)8-20-12-7-13(16(17(19)27)21-9-12)24-14-3-2-4-15(25-14)26-22-5-6-23-26/h2-7,9,11,20H,8,10,18H2,1H3,(H2,19,27)(H,24,25). The average molecular weight is 383 g/mol. The number of carbonyl (C=O) groups excluding carboxylic acids is 1. The molecule has 146 valence electrons. The summed E-state index contributed by atoms with van der Waals surface area (Å²) in [6, 6.07) is 6.82. The highest BCUT2D eigenvalue weighted by Gasteiger charge is 2.13. The van der Waals surface area contributed by atoms with Crippen LogP contribution in [0.1, 0.15) is 10.5 Å². The van der Waals surface area contributed by atoms with Crippen LogP contribution in [0.3, 0.4) is 0 Å². The van der Waals surface area contributed by atoms with Crippen molar-refractivity contribution < 1.29 is 9.53 Å². The molecule has 11 heteroatoms. The second-order valence-corrected chi connectivity index (χ2v) is 5.91. The Morgan fingerprint density at radius 3 is 2.82 bits per heavy atom. The van der Waals surface area contributed by atoms with Crippen LogP contribution in [0.4, 0.5) is 17.2 Å². The van der Waals surface area contributed by atoms with Crippen molar-refractivity contribution in [1.82, 2.24) is 25.0 Å². The highest BCUT2D eigenvalue weighted by atomic mass is 16.5. The normalized spacial score (nSPS) is 11.8. The molecule has 6 N–H and O–H groups in total. The van der Waals surface area contributed by atoms with Crippen molar-refractivity contribution >= 4 is 23.1 Å². The first-order chi connectivity index (χ1) is 13.6. The van der Waals surface area contributed by atoms with Crippen molar-refractivity contribution in [1.29, 1.82) is 0 Å². The van der Waals surface area contributed by atoms with Gasteiger partial charge in [-0.2, -0.15) is 10.2 Å². The third kappa shape index (κ3) is 4.78. The maximum Gasteiger partial charge on any atom is 0.269 e. The maximum atomic E-state index is 11.7. The van der Waals surface area contributed by atoms with Gasteiger partial charge >= 0.3 is 0 Å². The molecule has 0 fully saturated rings. The van der Waals surface area contributed by atoms with E-state index in [1.165, 1.54) is 11.0 Å². The summed E-state index contributed by atoms with van der Waals surface area (Å²) in [4.78, 5) is 21.7. The van der Waals surface area contributed by atoms with E-state index in [0.717, 1.165) is 0 Å². The third-order valence-electron chi connectivity index (χ3n) is 3.69. The molecule has 3 heterocycles. The van der Waals surface area contributed by atoms with Crippen LogP contribution in [0.2, 0.25) is 0 Å². The third-order valence-corrected chi connectivity index (χ3v) is 3.69. The first-order valence-electron chi connectivity index (χ1n) is 8.46. The summed E-state index contributed by atoms with van der Waals surface area (Å²) in [5.74, 6) is 0.339. The summed E-state index contributed by atoms with van der Waals surface area (Å²) in [5, 5.41) is 14.3. The Hall–Kier alpha value is -3.57. The van der Waals surface area contributed by atoms with Crippen LogP contribution in [-0.2, 0) is 4.74 Å². The lowest BCUT2D eigenvalue weighted by atomic mass is 10.2. The fraction of sp³-hybridized carbons (Fsp3) is 0.235. The van der Waals surface area contributed by atoms with Crippen molar-refractivity contribution in [3.05, 3.63) is 48.5 Å². The summed E-state index contributed by atoms with van der Waals surface area (Å²) in [5.41, 5.74) is 12.5. The molecule has 0 saturated heterocycles. The second-order valence-electron chi connectivity index (χ2n) is 5.91. The van der Waals surface area contributed by atoms with Gasteiger partial charge in [-0.25, -0.2) is 9.97 Å². The largest absolute Gasteiger partial charge is 0.383 e. The first-order valence-corrected chi connectivity index (χ1v) is 8.46. The molecule has 0 bridgehead atoms. The molecule has 0 aliphatic rings. The Labute approximate surface area is 161 Å². The number of primary amides is 1. The van der Waals surface area contributed by atoms with Crippen LogP contribution in [0, 0.1) is 0 Å². The molecule has 0 aliphatic heterocycles. The monoisotopic (exact) mass is 383 g/mol. The quantitative estimate of drug-likeness (QED) is 0.407. The van der Waals surface area contributed by atoms with Gasteiger partial charge < -0.3 is 26.8 Å². The van der Waals surface area contributed by atoms with Crippen LogP contribution in [0.15, 0.2) is 42.9 Å². The molecular formula is C17H21N9O2. The van der Waals surface area contributed by atoms with Gasteiger partial charge in [0.25, 0.3) is 5.91 Å². The van der Waals surface area contributed by atoms with E-state index in [1.54, 1.807) is 43.8 Å². The molecule has 3 aromatic rings. The van der Waals surface area contributed by atoms with E-state index in [1.807, 2.05) is 0 Å². The van der Waals surface area contributed by atoms with Gasteiger partial charge in [-0.15, -0.1) is 4.80 Å². The molecule has 28 heavy (non-hydrogen) atoms. The van der Waals surface area contributed by atoms with Crippen LogP contribution in [0.5, 0.6) is 0 Å². The Bertz CT molecular complexity index is 930. The smallest absolute Gasteiger partial charge is 0.269 e. The molecule has 0 spiro atoms. The lowest BCUT2D eigenvalue weighted by molar-refractivity contribution is 0.0996.